The summed E-state index contributed by atoms with van der Waals surface area (Å²) in [7, 11) is 2.07. The number of nitrogens with one attached hydrogen (secondary N) is 1. The van der Waals surface area contributed by atoms with Gasteiger partial charge in [-0.3, -0.25) is 9.69 Å². The van der Waals surface area contributed by atoms with Gasteiger partial charge in [0.1, 0.15) is 0 Å². The van der Waals surface area contributed by atoms with Gasteiger partial charge in [-0.1, -0.05) is 18.7 Å². The summed E-state index contributed by atoms with van der Waals surface area (Å²) in [5.74, 6) is -0.0450. The van der Waals surface area contributed by atoms with Crippen molar-refractivity contribution in [1.82, 2.24) is 9.80 Å². The highest BCUT2D eigenvalue weighted by atomic mass is 16.1. The minimum Gasteiger partial charge on any atom is -0.364 e. The molecule has 1 heterocycles. The Kier molecular flexibility index (Phi) is 3.86. The van der Waals surface area contributed by atoms with Crippen molar-refractivity contribution in [2.45, 2.75) is 32.9 Å². The smallest absolute Gasteiger partial charge is 0.221 e. The molecule has 1 N–H and O–H groups in total. The molecule has 1 aromatic rings. The summed E-state index contributed by atoms with van der Waals surface area (Å²) in [4.78, 5) is 15.6. The lowest BCUT2D eigenvalue weighted by atomic mass is 10.0. The van der Waals surface area contributed by atoms with E-state index < -0.39 is 0 Å². The molecule has 0 aromatic heterocycles. The molecule has 0 bridgehead atoms. The molecule has 4 nitrogen and oxygen atoms in total. The van der Waals surface area contributed by atoms with Gasteiger partial charge in [0.2, 0.25) is 5.91 Å². The lowest BCUT2D eigenvalue weighted by molar-refractivity contribution is -0.114. The molecule has 1 saturated heterocycles. The Labute approximate surface area is 121 Å². The normalized spacial score (nSPS) is 18.4. The molecule has 1 aliphatic rings. The number of likely N-dealkylation sites (N-methyl/N-ethyl adjacent to an activating group) is 1. The number of amides is 1. The van der Waals surface area contributed by atoms with E-state index in [4.69, 9.17) is 0 Å². The Hall–Kier alpha value is -1.81. The Morgan fingerprint density at radius 3 is 2.40 bits per heavy atom. The van der Waals surface area contributed by atoms with E-state index in [1.54, 1.807) is 0 Å². The molecule has 4 heteroatoms. The first-order chi connectivity index (χ1) is 9.30. The molecule has 108 valence electrons. The van der Waals surface area contributed by atoms with Crippen LogP contribution in [0.5, 0.6) is 0 Å². The fraction of sp³-hybridized carbons (Fsp3) is 0.438. The monoisotopic (exact) mass is 273 g/mol. The first-order valence-corrected chi connectivity index (χ1v) is 6.83. The van der Waals surface area contributed by atoms with Crippen LogP contribution in [0.4, 0.5) is 5.69 Å². The van der Waals surface area contributed by atoms with E-state index in [1.807, 2.05) is 12.1 Å². The zero-order valence-electron chi connectivity index (χ0n) is 12.7. The summed E-state index contributed by atoms with van der Waals surface area (Å²) in [5, 5.41) is 2.78. The lowest BCUT2D eigenvalue weighted by Gasteiger charge is -2.30. The van der Waals surface area contributed by atoms with Gasteiger partial charge in [-0.2, -0.15) is 0 Å². The number of benzene rings is 1. The van der Waals surface area contributed by atoms with Gasteiger partial charge >= 0.3 is 0 Å². The standard InChI is InChI=1S/C16H23N3O/c1-12-16(3,4)19(11-18(12)5)10-14-6-8-15(9-7-14)17-13(2)20/h6-9H,1,10-11H2,2-5H3,(H,17,20). The maximum Gasteiger partial charge on any atom is 0.221 e. The Morgan fingerprint density at radius 1 is 1.35 bits per heavy atom. The number of carbonyl (C=O) groups excluding carboxylic acids is 1. The van der Waals surface area contributed by atoms with Gasteiger partial charge in [0.05, 0.1) is 12.2 Å². The SMILES string of the molecule is C=C1N(C)CN(Cc2ccc(NC(C)=O)cc2)C1(C)C. The van der Waals surface area contributed by atoms with Crippen molar-refractivity contribution >= 4 is 11.6 Å². The summed E-state index contributed by atoms with van der Waals surface area (Å²) in [6.07, 6.45) is 0. The van der Waals surface area contributed by atoms with Gasteiger partial charge in [-0.25, -0.2) is 0 Å². The van der Waals surface area contributed by atoms with Crippen molar-refractivity contribution in [3.05, 3.63) is 42.1 Å². The number of carbonyl (C=O) groups is 1. The van der Waals surface area contributed by atoms with Gasteiger partial charge in [-0.05, 0) is 31.5 Å². The predicted octanol–water partition coefficient (Wildman–Crippen LogP) is 2.64. The number of anilines is 1. The van der Waals surface area contributed by atoms with Crippen LogP contribution in [0.2, 0.25) is 0 Å². The van der Waals surface area contributed by atoms with Crippen molar-refractivity contribution in [2.24, 2.45) is 0 Å². The fourth-order valence-electron chi connectivity index (χ4n) is 2.53. The molecule has 1 fully saturated rings. The largest absolute Gasteiger partial charge is 0.364 e. The molecule has 0 atom stereocenters. The van der Waals surface area contributed by atoms with Crippen LogP contribution in [0.1, 0.15) is 26.3 Å². The maximum atomic E-state index is 11.0. The van der Waals surface area contributed by atoms with Crippen LogP contribution in [-0.2, 0) is 11.3 Å². The van der Waals surface area contributed by atoms with Gasteiger partial charge in [0.15, 0.2) is 0 Å². The molecule has 0 radical (unpaired) electrons. The van der Waals surface area contributed by atoms with Crippen LogP contribution in [0, 0.1) is 0 Å². The van der Waals surface area contributed by atoms with E-state index in [2.05, 4.69) is 54.7 Å². The highest BCUT2D eigenvalue weighted by Crippen LogP contribution is 2.33. The Bertz CT molecular complexity index is 519. The third-order valence-electron chi connectivity index (χ3n) is 3.99. The van der Waals surface area contributed by atoms with Crippen molar-refractivity contribution in [3.8, 4) is 0 Å². The van der Waals surface area contributed by atoms with Crippen molar-refractivity contribution in [3.63, 3.8) is 0 Å². The van der Waals surface area contributed by atoms with Crippen LogP contribution in [0.3, 0.4) is 0 Å². The maximum absolute atomic E-state index is 11.0. The van der Waals surface area contributed by atoms with Crippen LogP contribution in [0.15, 0.2) is 36.5 Å². The molecular formula is C16H23N3O. The van der Waals surface area contributed by atoms with E-state index in [1.165, 1.54) is 12.5 Å². The highest BCUT2D eigenvalue weighted by Gasteiger charge is 2.38. The van der Waals surface area contributed by atoms with Crippen molar-refractivity contribution in [2.75, 3.05) is 19.0 Å². The Morgan fingerprint density at radius 2 is 1.95 bits per heavy atom. The fourth-order valence-corrected chi connectivity index (χ4v) is 2.53. The van der Waals surface area contributed by atoms with Gasteiger partial charge in [-0.15, -0.1) is 0 Å². The minimum absolute atomic E-state index is 0.0228. The molecule has 1 aliphatic heterocycles. The Balaban J connectivity index is 2.07. The average Bonchev–Trinajstić information content (AvgIpc) is 2.55. The summed E-state index contributed by atoms with van der Waals surface area (Å²) in [5.41, 5.74) is 3.19. The van der Waals surface area contributed by atoms with Crippen LogP contribution in [-0.4, -0.2) is 35.0 Å². The van der Waals surface area contributed by atoms with Crippen LogP contribution >= 0.6 is 0 Å². The molecule has 1 amide bonds. The molecule has 20 heavy (non-hydrogen) atoms. The second-order valence-corrected chi connectivity index (χ2v) is 5.92. The van der Waals surface area contributed by atoms with Crippen LogP contribution in [0.25, 0.3) is 0 Å². The molecule has 0 saturated carbocycles. The van der Waals surface area contributed by atoms with Gasteiger partial charge in [0, 0.05) is 31.9 Å². The number of rotatable bonds is 3. The topological polar surface area (TPSA) is 35.6 Å². The molecule has 1 aromatic carbocycles. The van der Waals surface area contributed by atoms with Crippen molar-refractivity contribution in [1.29, 1.82) is 0 Å². The van der Waals surface area contributed by atoms with E-state index in [-0.39, 0.29) is 11.4 Å². The highest BCUT2D eigenvalue weighted by molar-refractivity contribution is 5.88. The second kappa shape index (κ2) is 5.29. The zero-order valence-corrected chi connectivity index (χ0v) is 12.7. The molecular weight excluding hydrogens is 250 g/mol. The third kappa shape index (κ3) is 2.85. The van der Waals surface area contributed by atoms with E-state index >= 15 is 0 Å². The zero-order chi connectivity index (χ0) is 14.9. The number of nitrogens with zero attached hydrogens (tertiary/aromatic N) is 2. The molecule has 0 aliphatic carbocycles. The summed E-state index contributed by atoms with van der Waals surface area (Å²) in [6, 6.07) is 8.00. The van der Waals surface area contributed by atoms with E-state index in [0.717, 1.165) is 24.6 Å². The lowest BCUT2D eigenvalue weighted by Crippen LogP contribution is -2.38. The first-order valence-electron chi connectivity index (χ1n) is 6.83. The molecule has 2 rings (SSSR count). The minimum atomic E-state index is -0.0450. The van der Waals surface area contributed by atoms with E-state index in [9.17, 15) is 4.79 Å². The molecule has 0 spiro atoms. The summed E-state index contributed by atoms with van der Waals surface area (Å²) >= 11 is 0. The summed E-state index contributed by atoms with van der Waals surface area (Å²) in [6.45, 7) is 11.8. The number of hydrogen-bond acceptors (Lipinski definition) is 3. The average molecular weight is 273 g/mol. The third-order valence-corrected chi connectivity index (χ3v) is 3.99. The van der Waals surface area contributed by atoms with Gasteiger partial charge < -0.3 is 10.2 Å². The van der Waals surface area contributed by atoms with E-state index in [0.29, 0.717) is 0 Å². The molecule has 0 unspecified atom stereocenters. The van der Waals surface area contributed by atoms with Crippen LogP contribution < -0.4 is 5.32 Å². The quantitative estimate of drug-likeness (QED) is 0.919. The first kappa shape index (κ1) is 14.6. The second-order valence-electron chi connectivity index (χ2n) is 5.92. The predicted molar refractivity (Wildman–Crippen MR) is 82.1 cm³/mol. The van der Waals surface area contributed by atoms with Gasteiger partial charge in [0.25, 0.3) is 0 Å². The number of hydrogen-bond donors (Lipinski definition) is 1. The van der Waals surface area contributed by atoms with Crippen molar-refractivity contribution < 1.29 is 4.79 Å². The summed E-state index contributed by atoms with van der Waals surface area (Å²) < 4.78 is 0.